The fourth-order valence-electron chi connectivity index (χ4n) is 1.48. The van der Waals surface area contributed by atoms with Crippen molar-refractivity contribution >= 4 is 11.6 Å². The lowest BCUT2D eigenvalue weighted by Gasteiger charge is -2.20. The third-order valence-corrected chi connectivity index (χ3v) is 2.37. The van der Waals surface area contributed by atoms with Crippen LogP contribution in [0.1, 0.15) is 19.3 Å². The highest BCUT2D eigenvalue weighted by molar-refractivity contribution is 5.39. The molecule has 2 rings (SSSR count). The first kappa shape index (κ1) is 9.71. The number of hydrogen-bond acceptors (Lipinski definition) is 5. The first-order chi connectivity index (χ1) is 7.31. The van der Waals surface area contributed by atoms with Crippen molar-refractivity contribution in [2.24, 2.45) is 0 Å². The van der Waals surface area contributed by atoms with E-state index in [9.17, 15) is 0 Å². The SMILES string of the molecule is N#CCCN(c1ncc(N)cn1)C1CC1. The highest BCUT2D eigenvalue weighted by Crippen LogP contribution is 2.29. The van der Waals surface area contributed by atoms with E-state index in [-0.39, 0.29) is 0 Å². The fraction of sp³-hybridized carbons (Fsp3) is 0.500. The Morgan fingerprint density at radius 3 is 2.67 bits per heavy atom. The maximum atomic E-state index is 8.57. The summed E-state index contributed by atoms with van der Waals surface area (Å²) in [5.41, 5.74) is 6.09. The summed E-state index contributed by atoms with van der Waals surface area (Å²) in [5, 5.41) is 8.57. The Balaban J connectivity index is 2.10. The van der Waals surface area contributed by atoms with Crippen molar-refractivity contribution in [3.63, 3.8) is 0 Å². The second-order valence-electron chi connectivity index (χ2n) is 3.65. The maximum absolute atomic E-state index is 8.57. The largest absolute Gasteiger partial charge is 0.396 e. The molecule has 2 N–H and O–H groups in total. The van der Waals surface area contributed by atoms with Crippen LogP contribution in [-0.2, 0) is 0 Å². The molecule has 1 aromatic rings. The number of nitrogen functional groups attached to an aromatic ring is 1. The summed E-state index contributed by atoms with van der Waals surface area (Å²) < 4.78 is 0. The van der Waals surface area contributed by atoms with Crippen molar-refractivity contribution < 1.29 is 0 Å². The standard InChI is InChI=1S/C10H13N5/c11-4-1-5-15(9-2-3-9)10-13-6-8(12)7-14-10/h6-7,9H,1-3,5,12H2. The van der Waals surface area contributed by atoms with Gasteiger partial charge in [0, 0.05) is 12.6 Å². The van der Waals surface area contributed by atoms with Gasteiger partial charge in [0.25, 0.3) is 0 Å². The van der Waals surface area contributed by atoms with Crippen LogP contribution in [0, 0.1) is 11.3 Å². The van der Waals surface area contributed by atoms with Crippen LogP contribution in [0.15, 0.2) is 12.4 Å². The average molecular weight is 203 g/mol. The minimum Gasteiger partial charge on any atom is -0.396 e. The number of nitriles is 1. The van der Waals surface area contributed by atoms with Gasteiger partial charge in [-0.1, -0.05) is 0 Å². The molecule has 78 valence electrons. The Kier molecular flexibility index (Phi) is 2.68. The molecule has 0 saturated heterocycles. The van der Waals surface area contributed by atoms with Crippen molar-refractivity contribution in [1.82, 2.24) is 9.97 Å². The quantitative estimate of drug-likeness (QED) is 0.787. The smallest absolute Gasteiger partial charge is 0.225 e. The minimum atomic E-state index is 0.504. The average Bonchev–Trinajstić information content (AvgIpc) is 3.05. The molecule has 1 heterocycles. The molecule has 1 aromatic heterocycles. The summed E-state index contributed by atoms with van der Waals surface area (Å²) in [6.45, 7) is 0.699. The summed E-state index contributed by atoms with van der Waals surface area (Å²) in [5.74, 6) is 0.682. The zero-order valence-corrected chi connectivity index (χ0v) is 8.43. The number of nitrogens with zero attached hydrogens (tertiary/aromatic N) is 4. The van der Waals surface area contributed by atoms with Gasteiger partial charge in [0.2, 0.25) is 5.95 Å². The van der Waals surface area contributed by atoms with E-state index in [1.807, 2.05) is 0 Å². The van der Waals surface area contributed by atoms with Gasteiger partial charge in [0.1, 0.15) is 0 Å². The fourth-order valence-corrected chi connectivity index (χ4v) is 1.48. The molecule has 0 bridgehead atoms. The van der Waals surface area contributed by atoms with Crippen LogP contribution < -0.4 is 10.6 Å². The van der Waals surface area contributed by atoms with Gasteiger partial charge in [0.15, 0.2) is 0 Å². The number of rotatable bonds is 4. The Bertz CT molecular complexity index is 362. The summed E-state index contributed by atoms with van der Waals surface area (Å²) >= 11 is 0. The van der Waals surface area contributed by atoms with E-state index >= 15 is 0 Å². The molecule has 0 amide bonds. The van der Waals surface area contributed by atoms with Crippen molar-refractivity contribution in [3.05, 3.63) is 12.4 Å². The Hall–Kier alpha value is -1.83. The van der Waals surface area contributed by atoms with Crippen LogP contribution >= 0.6 is 0 Å². The van der Waals surface area contributed by atoms with E-state index in [1.165, 1.54) is 12.8 Å². The molecular weight excluding hydrogens is 190 g/mol. The normalized spacial score (nSPS) is 14.6. The van der Waals surface area contributed by atoms with Crippen LogP contribution in [0.2, 0.25) is 0 Å². The minimum absolute atomic E-state index is 0.504. The third-order valence-electron chi connectivity index (χ3n) is 2.37. The van der Waals surface area contributed by atoms with Gasteiger partial charge in [-0.15, -0.1) is 0 Å². The predicted molar refractivity (Wildman–Crippen MR) is 57.0 cm³/mol. The first-order valence-corrected chi connectivity index (χ1v) is 5.02. The summed E-state index contributed by atoms with van der Waals surface area (Å²) in [7, 11) is 0. The summed E-state index contributed by atoms with van der Waals surface area (Å²) in [6.07, 6.45) is 6.04. The molecule has 0 radical (unpaired) electrons. The maximum Gasteiger partial charge on any atom is 0.225 e. The van der Waals surface area contributed by atoms with E-state index in [4.69, 9.17) is 11.0 Å². The van der Waals surface area contributed by atoms with Gasteiger partial charge in [-0.05, 0) is 12.8 Å². The lowest BCUT2D eigenvalue weighted by Crippen LogP contribution is -2.28. The monoisotopic (exact) mass is 203 g/mol. The van der Waals surface area contributed by atoms with E-state index < -0.39 is 0 Å². The predicted octanol–water partition coefficient (Wildman–Crippen LogP) is 0.941. The van der Waals surface area contributed by atoms with Crippen LogP contribution in [0.5, 0.6) is 0 Å². The van der Waals surface area contributed by atoms with E-state index in [0.717, 1.165) is 0 Å². The Labute approximate surface area is 88.5 Å². The van der Waals surface area contributed by atoms with Crippen molar-refractivity contribution in [2.75, 3.05) is 17.2 Å². The summed E-state index contributed by atoms with van der Waals surface area (Å²) in [6, 6.07) is 2.66. The molecule has 1 aliphatic rings. The van der Waals surface area contributed by atoms with Crippen molar-refractivity contribution in [1.29, 1.82) is 5.26 Å². The molecule has 0 atom stereocenters. The van der Waals surface area contributed by atoms with E-state index in [1.54, 1.807) is 12.4 Å². The van der Waals surface area contributed by atoms with Crippen molar-refractivity contribution in [2.45, 2.75) is 25.3 Å². The molecule has 0 aromatic carbocycles. The first-order valence-electron chi connectivity index (χ1n) is 5.02. The molecular formula is C10H13N5. The molecule has 0 aliphatic heterocycles. The number of anilines is 2. The van der Waals surface area contributed by atoms with Crippen LogP contribution in [-0.4, -0.2) is 22.6 Å². The lowest BCUT2D eigenvalue weighted by atomic mass is 10.4. The number of hydrogen-bond donors (Lipinski definition) is 1. The molecule has 1 saturated carbocycles. The number of aromatic nitrogens is 2. The van der Waals surface area contributed by atoms with Crippen LogP contribution in [0.25, 0.3) is 0 Å². The van der Waals surface area contributed by atoms with Gasteiger partial charge >= 0.3 is 0 Å². The zero-order chi connectivity index (χ0) is 10.7. The van der Waals surface area contributed by atoms with E-state index in [0.29, 0.717) is 30.6 Å². The highest BCUT2D eigenvalue weighted by Gasteiger charge is 2.30. The Morgan fingerprint density at radius 1 is 1.47 bits per heavy atom. The van der Waals surface area contributed by atoms with Crippen LogP contribution in [0.3, 0.4) is 0 Å². The van der Waals surface area contributed by atoms with Gasteiger partial charge in [0.05, 0.1) is 30.6 Å². The molecule has 5 heteroatoms. The zero-order valence-electron chi connectivity index (χ0n) is 8.43. The van der Waals surface area contributed by atoms with Gasteiger partial charge in [-0.2, -0.15) is 5.26 Å². The molecule has 15 heavy (non-hydrogen) atoms. The second kappa shape index (κ2) is 4.13. The van der Waals surface area contributed by atoms with Gasteiger partial charge < -0.3 is 10.6 Å². The van der Waals surface area contributed by atoms with Crippen molar-refractivity contribution in [3.8, 4) is 6.07 Å². The van der Waals surface area contributed by atoms with E-state index in [2.05, 4.69) is 20.9 Å². The molecule has 0 unspecified atom stereocenters. The molecule has 1 aliphatic carbocycles. The molecule has 5 nitrogen and oxygen atoms in total. The third kappa shape index (κ3) is 2.34. The Morgan fingerprint density at radius 2 is 2.13 bits per heavy atom. The van der Waals surface area contributed by atoms with Gasteiger partial charge in [-0.25, -0.2) is 9.97 Å². The van der Waals surface area contributed by atoms with Crippen LogP contribution in [0.4, 0.5) is 11.6 Å². The second-order valence-corrected chi connectivity index (χ2v) is 3.65. The molecule has 0 spiro atoms. The topological polar surface area (TPSA) is 78.8 Å². The highest BCUT2D eigenvalue weighted by atomic mass is 15.3. The molecule has 1 fully saturated rings. The lowest BCUT2D eigenvalue weighted by molar-refractivity contribution is 0.760. The van der Waals surface area contributed by atoms with Gasteiger partial charge in [-0.3, -0.25) is 0 Å². The number of nitrogens with two attached hydrogens (primary N) is 1. The summed E-state index contributed by atoms with van der Waals surface area (Å²) in [4.78, 5) is 10.4.